The molecule has 1 amide bonds. The smallest absolute Gasteiger partial charge is 0.301 e. The SMILES string of the molecule is CCCCNc1c(C#N)c(O)n(NCCCC)c(=O)c1N=Nc1ccc(C(=O)NC)cc1. The number of carbonyl (C=O) groups excluding carboxylic acids is 1. The van der Waals surface area contributed by atoms with Crippen LogP contribution in [0.2, 0.25) is 0 Å². The van der Waals surface area contributed by atoms with Crippen molar-refractivity contribution in [1.29, 1.82) is 5.26 Å². The fourth-order valence-electron chi connectivity index (χ4n) is 2.86. The number of nitrogens with zero attached hydrogens (tertiary/aromatic N) is 4. The van der Waals surface area contributed by atoms with Crippen molar-refractivity contribution in [1.82, 2.24) is 9.99 Å². The zero-order valence-corrected chi connectivity index (χ0v) is 18.6. The van der Waals surface area contributed by atoms with Crippen LogP contribution in [0.1, 0.15) is 55.5 Å². The van der Waals surface area contributed by atoms with Crippen LogP contribution in [0.5, 0.6) is 5.88 Å². The van der Waals surface area contributed by atoms with E-state index in [1.165, 1.54) is 0 Å². The molecule has 0 bridgehead atoms. The van der Waals surface area contributed by atoms with Gasteiger partial charge in [-0.3, -0.25) is 9.59 Å². The van der Waals surface area contributed by atoms with Crippen LogP contribution >= 0.6 is 0 Å². The van der Waals surface area contributed by atoms with Crippen molar-refractivity contribution in [3.05, 3.63) is 45.7 Å². The number of hydrogen-bond donors (Lipinski definition) is 4. The van der Waals surface area contributed by atoms with Crippen molar-refractivity contribution in [2.45, 2.75) is 39.5 Å². The van der Waals surface area contributed by atoms with E-state index >= 15 is 0 Å². The van der Waals surface area contributed by atoms with Gasteiger partial charge in [0.15, 0.2) is 5.69 Å². The summed E-state index contributed by atoms with van der Waals surface area (Å²) in [4.78, 5) is 24.8. The number of rotatable bonds is 11. The molecule has 0 saturated heterocycles. The molecule has 0 fully saturated rings. The number of hydrogen-bond acceptors (Lipinski definition) is 8. The summed E-state index contributed by atoms with van der Waals surface area (Å²) in [6.45, 7) is 4.96. The van der Waals surface area contributed by atoms with Gasteiger partial charge < -0.3 is 21.2 Å². The summed E-state index contributed by atoms with van der Waals surface area (Å²) in [6, 6.07) is 8.34. The zero-order chi connectivity index (χ0) is 23.5. The van der Waals surface area contributed by atoms with Gasteiger partial charge >= 0.3 is 5.56 Å². The molecule has 10 nitrogen and oxygen atoms in total. The summed E-state index contributed by atoms with van der Waals surface area (Å²) in [5.41, 5.74) is 3.08. The molecule has 2 aromatic rings. The Balaban J connectivity index is 2.52. The number of aromatic hydroxyl groups is 1. The monoisotopic (exact) mass is 439 g/mol. The third kappa shape index (κ3) is 5.85. The summed E-state index contributed by atoms with van der Waals surface area (Å²) in [5, 5.41) is 34.0. The fraction of sp³-hybridized carbons (Fsp3) is 0.409. The quantitative estimate of drug-likeness (QED) is 0.310. The zero-order valence-electron chi connectivity index (χ0n) is 18.6. The van der Waals surface area contributed by atoms with Crippen LogP contribution < -0.4 is 21.6 Å². The first-order valence-electron chi connectivity index (χ1n) is 10.6. The highest BCUT2D eigenvalue weighted by Gasteiger charge is 2.22. The minimum Gasteiger partial charge on any atom is -0.492 e. The molecule has 0 aliphatic heterocycles. The number of azo groups is 1. The number of nitriles is 1. The van der Waals surface area contributed by atoms with E-state index in [-0.39, 0.29) is 22.8 Å². The Morgan fingerprint density at radius 2 is 1.78 bits per heavy atom. The van der Waals surface area contributed by atoms with Gasteiger partial charge in [-0.25, -0.2) is 0 Å². The average molecular weight is 440 g/mol. The van der Waals surface area contributed by atoms with Gasteiger partial charge in [0.25, 0.3) is 5.91 Å². The van der Waals surface area contributed by atoms with Crippen molar-refractivity contribution in [3.63, 3.8) is 0 Å². The van der Waals surface area contributed by atoms with Crippen LogP contribution in [-0.4, -0.2) is 35.8 Å². The lowest BCUT2D eigenvalue weighted by atomic mass is 10.2. The van der Waals surface area contributed by atoms with Gasteiger partial charge in [0.2, 0.25) is 5.88 Å². The van der Waals surface area contributed by atoms with Crippen LogP contribution in [0.15, 0.2) is 39.3 Å². The Morgan fingerprint density at radius 3 is 2.38 bits per heavy atom. The van der Waals surface area contributed by atoms with E-state index in [0.717, 1.165) is 30.4 Å². The lowest BCUT2D eigenvalue weighted by Crippen LogP contribution is -2.30. The number of anilines is 1. The maximum Gasteiger partial charge on any atom is 0.301 e. The van der Waals surface area contributed by atoms with Gasteiger partial charge in [-0.05, 0) is 37.1 Å². The molecular formula is C22H29N7O3. The van der Waals surface area contributed by atoms with Crippen molar-refractivity contribution < 1.29 is 9.90 Å². The highest BCUT2D eigenvalue weighted by Crippen LogP contribution is 2.32. The molecule has 1 heterocycles. The molecule has 2 rings (SSSR count). The molecule has 0 saturated carbocycles. The van der Waals surface area contributed by atoms with E-state index in [1.807, 2.05) is 19.9 Å². The van der Waals surface area contributed by atoms with Gasteiger partial charge in [-0.15, -0.1) is 5.11 Å². The Labute approximate surface area is 187 Å². The van der Waals surface area contributed by atoms with Crippen molar-refractivity contribution >= 4 is 23.0 Å². The first-order valence-corrected chi connectivity index (χ1v) is 10.6. The topological polar surface area (TPSA) is 144 Å². The van der Waals surface area contributed by atoms with E-state index in [1.54, 1.807) is 31.3 Å². The van der Waals surface area contributed by atoms with Gasteiger partial charge in [0.1, 0.15) is 11.6 Å². The summed E-state index contributed by atoms with van der Waals surface area (Å²) >= 11 is 0. The number of nitrogens with one attached hydrogen (secondary N) is 3. The molecule has 0 atom stereocenters. The van der Waals surface area contributed by atoms with Crippen molar-refractivity contribution in [2.24, 2.45) is 10.2 Å². The molecule has 0 spiro atoms. The minimum atomic E-state index is -0.623. The number of amides is 1. The lowest BCUT2D eigenvalue weighted by molar-refractivity contribution is 0.0963. The average Bonchev–Trinajstić information content (AvgIpc) is 2.81. The Bertz CT molecular complexity index is 1050. The fourth-order valence-corrected chi connectivity index (χ4v) is 2.86. The van der Waals surface area contributed by atoms with E-state index < -0.39 is 11.4 Å². The summed E-state index contributed by atoms with van der Waals surface area (Å²) in [6.07, 6.45) is 3.38. The molecule has 0 aliphatic carbocycles. The summed E-state index contributed by atoms with van der Waals surface area (Å²) in [7, 11) is 1.54. The van der Waals surface area contributed by atoms with E-state index in [4.69, 9.17) is 0 Å². The molecule has 1 aromatic heterocycles. The molecule has 4 N–H and O–H groups in total. The molecule has 1 aromatic carbocycles. The molecule has 0 aliphatic rings. The first kappa shape index (κ1) is 24.4. The Morgan fingerprint density at radius 1 is 1.12 bits per heavy atom. The van der Waals surface area contributed by atoms with Gasteiger partial charge in [-0.2, -0.15) is 15.1 Å². The standard InChI is InChI=1S/C22H29N7O3/c1-4-6-12-25-18-17(14-23)21(31)29(26-13-7-5-2)22(32)19(18)28-27-16-10-8-15(9-11-16)20(30)24-3/h8-11,25-26,31H,4-7,12-13H2,1-3H3,(H,24,30). The van der Waals surface area contributed by atoms with Crippen LogP contribution in [0.25, 0.3) is 0 Å². The second-order valence-electron chi connectivity index (χ2n) is 7.04. The normalized spacial score (nSPS) is 10.7. The maximum absolute atomic E-state index is 13.1. The third-order valence-corrected chi connectivity index (χ3v) is 4.69. The maximum atomic E-state index is 13.1. The van der Waals surface area contributed by atoms with Gasteiger partial charge in [0.05, 0.1) is 11.4 Å². The Hall–Kier alpha value is -3.87. The van der Waals surface area contributed by atoms with E-state index in [0.29, 0.717) is 24.3 Å². The van der Waals surface area contributed by atoms with Crippen LogP contribution in [-0.2, 0) is 0 Å². The number of benzene rings is 1. The molecule has 0 radical (unpaired) electrons. The number of aromatic nitrogens is 1. The molecular weight excluding hydrogens is 410 g/mol. The van der Waals surface area contributed by atoms with Crippen molar-refractivity contribution in [2.75, 3.05) is 30.9 Å². The molecule has 170 valence electrons. The minimum absolute atomic E-state index is 0.0881. The van der Waals surface area contributed by atoms with Crippen LogP contribution in [0.3, 0.4) is 0 Å². The van der Waals surface area contributed by atoms with Crippen LogP contribution in [0.4, 0.5) is 17.1 Å². The van der Waals surface area contributed by atoms with Gasteiger partial charge in [-0.1, -0.05) is 26.7 Å². The highest BCUT2D eigenvalue weighted by molar-refractivity contribution is 5.94. The number of pyridine rings is 1. The molecule has 32 heavy (non-hydrogen) atoms. The Kier molecular flexibility index (Phi) is 9.22. The highest BCUT2D eigenvalue weighted by atomic mass is 16.3. The van der Waals surface area contributed by atoms with E-state index in [2.05, 4.69) is 26.3 Å². The second-order valence-corrected chi connectivity index (χ2v) is 7.04. The van der Waals surface area contributed by atoms with E-state index in [9.17, 15) is 20.0 Å². The predicted molar refractivity (Wildman–Crippen MR) is 124 cm³/mol. The lowest BCUT2D eigenvalue weighted by Gasteiger charge is -2.17. The first-order chi connectivity index (χ1) is 15.5. The largest absolute Gasteiger partial charge is 0.492 e. The van der Waals surface area contributed by atoms with Gasteiger partial charge in [0, 0.05) is 25.7 Å². The summed E-state index contributed by atoms with van der Waals surface area (Å²) in [5.74, 6) is -0.699. The molecule has 0 unspecified atom stereocenters. The predicted octanol–water partition coefficient (Wildman–Crippen LogP) is 3.76. The second kappa shape index (κ2) is 12.1. The number of unbranched alkanes of at least 4 members (excludes halogenated alkanes) is 2. The third-order valence-electron chi connectivity index (χ3n) is 4.69. The molecule has 10 heteroatoms. The number of carbonyl (C=O) groups is 1. The van der Waals surface area contributed by atoms with Crippen molar-refractivity contribution in [3.8, 4) is 11.9 Å². The summed E-state index contributed by atoms with van der Waals surface area (Å²) < 4.78 is 0.933. The van der Waals surface area contributed by atoms with Crippen LogP contribution in [0, 0.1) is 11.3 Å².